The fourth-order valence-electron chi connectivity index (χ4n) is 4.72. The molecule has 0 aromatic heterocycles. The van der Waals surface area contributed by atoms with Gasteiger partial charge in [0.1, 0.15) is 5.76 Å². The van der Waals surface area contributed by atoms with Crippen LogP contribution in [-0.4, -0.2) is 23.0 Å². The molecular formula is C28H37NO3. The van der Waals surface area contributed by atoms with Gasteiger partial charge in [-0.3, -0.25) is 4.79 Å². The summed E-state index contributed by atoms with van der Waals surface area (Å²) < 4.78 is 0. The van der Waals surface area contributed by atoms with Crippen molar-refractivity contribution in [1.29, 1.82) is 0 Å². The summed E-state index contributed by atoms with van der Waals surface area (Å²) in [6, 6.07) is 8.86. The second-order valence-corrected chi connectivity index (χ2v) is 9.38. The maximum Gasteiger partial charge on any atom is 0.161 e. The Morgan fingerprint density at radius 3 is 2.50 bits per heavy atom. The predicted octanol–water partition coefficient (Wildman–Crippen LogP) is 6.29. The van der Waals surface area contributed by atoms with Gasteiger partial charge in [0.15, 0.2) is 11.5 Å². The molecule has 4 atom stereocenters. The van der Waals surface area contributed by atoms with Crippen LogP contribution in [0.3, 0.4) is 0 Å². The maximum absolute atomic E-state index is 13.0. The minimum absolute atomic E-state index is 0.0347. The summed E-state index contributed by atoms with van der Waals surface area (Å²) in [5.74, 6) is 0.773. The minimum atomic E-state index is -0.589. The molecule has 4 unspecified atom stereocenters. The lowest BCUT2D eigenvalue weighted by Crippen LogP contribution is -2.34. The van der Waals surface area contributed by atoms with Gasteiger partial charge in [-0.05, 0) is 67.8 Å². The molecule has 1 aromatic rings. The van der Waals surface area contributed by atoms with Crippen LogP contribution in [0.4, 0.5) is 0 Å². The Bertz CT molecular complexity index is 909. The quantitative estimate of drug-likeness (QED) is 0.315. The molecule has 4 heteroatoms. The van der Waals surface area contributed by atoms with E-state index in [2.05, 4.69) is 41.7 Å². The first-order valence-electron chi connectivity index (χ1n) is 11.8. The highest BCUT2D eigenvalue weighted by Crippen LogP contribution is 2.40. The van der Waals surface area contributed by atoms with Crippen molar-refractivity contribution in [2.75, 3.05) is 7.05 Å². The van der Waals surface area contributed by atoms with Gasteiger partial charge < -0.3 is 15.5 Å². The smallest absolute Gasteiger partial charge is 0.161 e. The minimum Gasteiger partial charge on any atom is -0.508 e. The molecule has 32 heavy (non-hydrogen) atoms. The number of ketones is 1. The van der Waals surface area contributed by atoms with Crippen LogP contribution in [0.2, 0.25) is 0 Å². The van der Waals surface area contributed by atoms with Crippen molar-refractivity contribution in [3.63, 3.8) is 0 Å². The average Bonchev–Trinajstić information content (AvgIpc) is 2.81. The molecule has 3 rings (SSSR count). The van der Waals surface area contributed by atoms with Gasteiger partial charge in [-0.2, -0.15) is 0 Å². The van der Waals surface area contributed by atoms with Crippen molar-refractivity contribution >= 4 is 5.78 Å². The van der Waals surface area contributed by atoms with Crippen LogP contribution in [0.25, 0.3) is 0 Å². The molecular weight excluding hydrogens is 398 g/mol. The van der Waals surface area contributed by atoms with Gasteiger partial charge in [0.2, 0.25) is 0 Å². The standard InChI is InChI=1S/C28H37NO3/c1-4-28(2,24-16-17-25(30)26(31)18-24)27(32)7-5-6-20-8-12-22(13-9-20)23-14-10-21(11-15-23)19-29-3/h5,7-8,10-12,14-17,20,22,24,29-31H,4,6,9,13,18-19H2,1-3H3/b7-5+. The normalized spacial score (nSPS) is 25.3. The zero-order valence-electron chi connectivity index (χ0n) is 19.6. The van der Waals surface area contributed by atoms with Crippen LogP contribution >= 0.6 is 0 Å². The maximum atomic E-state index is 13.0. The summed E-state index contributed by atoms with van der Waals surface area (Å²) in [7, 11) is 1.96. The zero-order valence-corrected chi connectivity index (χ0v) is 19.6. The summed E-state index contributed by atoms with van der Waals surface area (Å²) in [4.78, 5) is 13.0. The van der Waals surface area contributed by atoms with Crippen LogP contribution in [-0.2, 0) is 11.3 Å². The first-order chi connectivity index (χ1) is 15.4. The molecule has 0 bridgehead atoms. The molecule has 2 aliphatic rings. The Morgan fingerprint density at radius 1 is 1.16 bits per heavy atom. The molecule has 0 aliphatic heterocycles. The number of allylic oxidation sites excluding steroid dienone is 7. The van der Waals surface area contributed by atoms with Gasteiger partial charge in [0.05, 0.1) is 0 Å². The second kappa shape index (κ2) is 10.8. The Hall–Kier alpha value is -2.59. The lowest BCUT2D eigenvalue weighted by Gasteiger charge is -2.34. The Balaban J connectivity index is 1.55. The van der Waals surface area contributed by atoms with E-state index in [1.165, 1.54) is 17.2 Å². The van der Waals surface area contributed by atoms with Crippen LogP contribution < -0.4 is 5.32 Å². The molecule has 3 N–H and O–H groups in total. The second-order valence-electron chi connectivity index (χ2n) is 9.38. The third-order valence-electron chi connectivity index (χ3n) is 7.27. The number of rotatable bonds is 9. The van der Waals surface area contributed by atoms with Gasteiger partial charge in [-0.25, -0.2) is 0 Å². The van der Waals surface area contributed by atoms with Gasteiger partial charge >= 0.3 is 0 Å². The van der Waals surface area contributed by atoms with E-state index in [1.54, 1.807) is 6.08 Å². The van der Waals surface area contributed by atoms with E-state index in [1.807, 2.05) is 33.0 Å². The predicted molar refractivity (Wildman–Crippen MR) is 131 cm³/mol. The summed E-state index contributed by atoms with van der Waals surface area (Å²) >= 11 is 0. The molecule has 0 heterocycles. The summed E-state index contributed by atoms with van der Waals surface area (Å²) in [6.45, 7) is 4.85. The van der Waals surface area contributed by atoms with E-state index in [9.17, 15) is 15.0 Å². The first-order valence-corrected chi connectivity index (χ1v) is 11.8. The molecule has 0 saturated carbocycles. The van der Waals surface area contributed by atoms with Gasteiger partial charge in [-0.15, -0.1) is 0 Å². The van der Waals surface area contributed by atoms with Gasteiger partial charge in [0.25, 0.3) is 0 Å². The van der Waals surface area contributed by atoms with Crippen LogP contribution in [0.15, 0.2) is 72.2 Å². The Labute approximate surface area is 192 Å². The van der Waals surface area contributed by atoms with Crippen LogP contribution in [0.1, 0.15) is 63.0 Å². The molecule has 0 spiro atoms. The van der Waals surface area contributed by atoms with Crippen LogP contribution in [0, 0.1) is 17.3 Å². The first kappa shape index (κ1) is 24.1. The van der Waals surface area contributed by atoms with Crippen molar-refractivity contribution in [2.45, 2.75) is 58.4 Å². The molecule has 0 fully saturated rings. The van der Waals surface area contributed by atoms with Gasteiger partial charge in [-0.1, -0.05) is 62.4 Å². The third kappa shape index (κ3) is 5.60. The number of hydrogen-bond acceptors (Lipinski definition) is 4. The summed E-state index contributed by atoms with van der Waals surface area (Å²) in [5.41, 5.74) is 2.08. The Kier molecular flexibility index (Phi) is 8.14. The molecule has 1 aromatic carbocycles. The summed E-state index contributed by atoms with van der Waals surface area (Å²) in [6.07, 6.45) is 15.8. The third-order valence-corrected chi connectivity index (χ3v) is 7.27. The van der Waals surface area contributed by atoms with E-state index in [0.717, 1.165) is 25.8 Å². The highest BCUT2D eigenvalue weighted by Gasteiger charge is 2.38. The highest BCUT2D eigenvalue weighted by atomic mass is 16.3. The van der Waals surface area contributed by atoms with Crippen LogP contribution in [0.5, 0.6) is 0 Å². The number of aliphatic hydroxyl groups is 2. The van der Waals surface area contributed by atoms with E-state index in [4.69, 9.17) is 0 Å². The number of carbonyl (C=O) groups excluding carboxylic acids is 1. The average molecular weight is 436 g/mol. The van der Waals surface area contributed by atoms with Crippen molar-refractivity contribution in [1.82, 2.24) is 5.32 Å². The van der Waals surface area contributed by atoms with Crippen molar-refractivity contribution < 1.29 is 15.0 Å². The topological polar surface area (TPSA) is 69.6 Å². The number of carbonyl (C=O) groups is 1. The van der Waals surface area contributed by atoms with E-state index in [0.29, 0.717) is 24.7 Å². The number of aliphatic hydroxyl groups excluding tert-OH is 2. The Morgan fingerprint density at radius 2 is 1.91 bits per heavy atom. The van der Waals surface area contributed by atoms with Gasteiger partial charge in [0, 0.05) is 24.3 Å². The lowest BCUT2D eigenvalue weighted by molar-refractivity contribution is -0.125. The fraction of sp³-hybridized carbons (Fsp3) is 0.464. The number of nitrogens with one attached hydrogen (secondary N) is 1. The highest BCUT2D eigenvalue weighted by molar-refractivity contribution is 5.95. The number of hydrogen-bond donors (Lipinski definition) is 3. The van der Waals surface area contributed by atoms with E-state index in [-0.39, 0.29) is 23.2 Å². The molecule has 0 saturated heterocycles. The SMILES string of the molecule is CCC(C)(C(=O)/C=C/CC1C=CC(c2ccc(CNC)cc2)CC1)C1C=CC(O)=C(O)C1. The number of benzene rings is 1. The molecule has 172 valence electrons. The summed E-state index contributed by atoms with van der Waals surface area (Å²) in [5, 5.41) is 22.7. The lowest BCUT2D eigenvalue weighted by atomic mass is 9.68. The monoisotopic (exact) mass is 435 g/mol. The van der Waals surface area contributed by atoms with Crippen molar-refractivity contribution in [3.8, 4) is 0 Å². The molecule has 4 nitrogen and oxygen atoms in total. The fourth-order valence-corrected chi connectivity index (χ4v) is 4.72. The van der Waals surface area contributed by atoms with Crippen molar-refractivity contribution in [3.05, 3.63) is 83.4 Å². The molecule has 0 radical (unpaired) electrons. The molecule has 2 aliphatic carbocycles. The van der Waals surface area contributed by atoms with Crippen molar-refractivity contribution in [2.24, 2.45) is 17.3 Å². The largest absolute Gasteiger partial charge is 0.508 e. The molecule has 0 amide bonds. The van der Waals surface area contributed by atoms with E-state index >= 15 is 0 Å². The van der Waals surface area contributed by atoms with E-state index < -0.39 is 5.41 Å². The zero-order chi connectivity index (χ0) is 23.1.